The largest absolute Gasteiger partial charge is 0.394 e. The van der Waals surface area contributed by atoms with Crippen LogP contribution in [0, 0.1) is 0 Å². The molecule has 1 saturated carbocycles. The predicted octanol–water partition coefficient (Wildman–Crippen LogP) is 0.906. The van der Waals surface area contributed by atoms with E-state index in [2.05, 4.69) is 36.1 Å². The molecule has 0 radical (unpaired) electrons. The Morgan fingerprint density at radius 1 is 1.37 bits per heavy atom. The first-order valence-corrected chi connectivity index (χ1v) is 7.86. The lowest BCUT2D eigenvalue weighted by Gasteiger charge is -2.31. The van der Waals surface area contributed by atoms with Crippen LogP contribution in [0.3, 0.4) is 0 Å². The fourth-order valence-corrected chi connectivity index (χ4v) is 3.68. The van der Waals surface area contributed by atoms with Gasteiger partial charge in [0.25, 0.3) is 0 Å². The monoisotopic (exact) mass is 269 g/mol. The fourth-order valence-electron chi connectivity index (χ4n) is 3.68. The highest BCUT2D eigenvalue weighted by Gasteiger charge is 2.42. The average molecular weight is 269 g/mol. The Morgan fingerprint density at radius 2 is 2.16 bits per heavy atom. The van der Waals surface area contributed by atoms with E-state index in [9.17, 15) is 5.11 Å². The highest BCUT2D eigenvalue weighted by Crippen LogP contribution is 2.34. The molecule has 1 heterocycles. The lowest BCUT2D eigenvalue weighted by atomic mass is 9.98. The van der Waals surface area contributed by atoms with Gasteiger partial charge in [-0.1, -0.05) is 6.92 Å². The van der Waals surface area contributed by atoms with E-state index in [4.69, 9.17) is 0 Å². The second kappa shape index (κ2) is 6.53. The molecule has 0 aromatic rings. The third kappa shape index (κ3) is 3.48. The molecule has 0 spiro atoms. The first kappa shape index (κ1) is 15.2. The first-order valence-electron chi connectivity index (χ1n) is 7.86. The summed E-state index contributed by atoms with van der Waals surface area (Å²) >= 11 is 0. The quantitative estimate of drug-likeness (QED) is 0.752. The topological polar surface area (TPSA) is 38.7 Å². The molecule has 1 saturated heterocycles. The highest BCUT2D eigenvalue weighted by molar-refractivity contribution is 5.01. The summed E-state index contributed by atoms with van der Waals surface area (Å²) in [6, 6.07) is 1.38. The van der Waals surface area contributed by atoms with Gasteiger partial charge in [-0.05, 0) is 52.7 Å². The highest BCUT2D eigenvalue weighted by atomic mass is 16.3. The van der Waals surface area contributed by atoms with Gasteiger partial charge in [0.1, 0.15) is 0 Å². The van der Waals surface area contributed by atoms with E-state index >= 15 is 0 Å². The maximum absolute atomic E-state index is 9.75. The Hall–Kier alpha value is -0.160. The number of hydrogen-bond donors (Lipinski definition) is 2. The predicted molar refractivity (Wildman–Crippen MR) is 79.4 cm³/mol. The molecule has 2 rings (SSSR count). The van der Waals surface area contributed by atoms with Crippen LogP contribution >= 0.6 is 0 Å². The van der Waals surface area contributed by atoms with Crippen LogP contribution in [0.2, 0.25) is 0 Å². The molecule has 4 heteroatoms. The molecule has 19 heavy (non-hydrogen) atoms. The molecule has 2 aliphatic rings. The van der Waals surface area contributed by atoms with Crippen molar-refractivity contribution in [3.05, 3.63) is 0 Å². The zero-order valence-corrected chi connectivity index (χ0v) is 12.9. The summed E-state index contributed by atoms with van der Waals surface area (Å²) in [5.74, 6) is 0. The van der Waals surface area contributed by atoms with E-state index in [-0.39, 0.29) is 12.1 Å². The van der Waals surface area contributed by atoms with E-state index in [0.29, 0.717) is 12.1 Å². The normalized spacial score (nSPS) is 36.5. The number of hydrogen-bond acceptors (Lipinski definition) is 4. The van der Waals surface area contributed by atoms with Gasteiger partial charge in [0.15, 0.2) is 0 Å². The van der Waals surface area contributed by atoms with Gasteiger partial charge in [-0.25, -0.2) is 0 Å². The maximum atomic E-state index is 9.75. The minimum absolute atomic E-state index is 0.00310. The second-order valence-corrected chi connectivity index (χ2v) is 6.66. The van der Waals surface area contributed by atoms with Gasteiger partial charge in [0.05, 0.1) is 6.61 Å². The Labute approximate surface area is 118 Å². The van der Waals surface area contributed by atoms with Crippen LogP contribution in [0.25, 0.3) is 0 Å². The second-order valence-electron chi connectivity index (χ2n) is 6.66. The van der Waals surface area contributed by atoms with Crippen molar-refractivity contribution in [1.82, 2.24) is 15.1 Å². The van der Waals surface area contributed by atoms with Crippen molar-refractivity contribution in [3.8, 4) is 0 Å². The van der Waals surface area contributed by atoms with E-state index in [1.807, 2.05) is 0 Å². The van der Waals surface area contributed by atoms with Crippen molar-refractivity contribution < 1.29 is 5.11 Å². The molecule has 0 aromatic heterocycles. The molecular formula is C15H31N3O. The van der Waals surface area contributed by atoms with Crippen LogP contribution in [0.5, 0.6) is 0 Å². The molecule has 0 amide bonds. The Kier molecular flexibility index (Phi) is 5.23. The lowest BCUT2D eigenvalue weighted by molar-refractivity contribution is 0.148. The number of nitrogens with one attached hydrogen (secondary N) is 1. The third-order valence-electron chi connectivity index (χ3n) is 5.08. The minimum Gasteiger partial charge on any atom is -0.394 e. The van der Waals surface area contributed by atoms with E-state index in [0.717, 1.165) is 25.8 Å². The molecule has 1 aliphatic heterocycles. The van der Waals surface area contributed by atoms with Crippen LogP contribution in [-0.4, -0.2) is 72.9 Å². The molecule has 4 nitrogen and oxygen atoms in total. The molecule has 2 fully saturated rings. The first-order chi connectivity index (χ1) is 9.10. The van der Waals surface area contributed by atoms with Crippen molar-refractivity contribution in [2.24, 2.45) is 0 Å². The lowest BCUT2D eigenvalue weighted by Crippen LogP contribution is -2.48. The zero-order chi connectivity index (χ0) is 13.9. The molecule has 3 unspecified atom stereocenters. The molecule has 0 aromatic carbocycles. The molecular weight excluding hydrogens is 238 g/mol. The minimum atomic E-state index is -0.00310. The van der Waals surface area contributed by atoms with Gasteiger partial charge in [0.2, 0.25) is 0 Å². The summed E-state index contributed by atoms with van der Waals surface area (Å²) in [7, 11) is 4.37. The standard InChI is InChI=1S/C15H31N3O/c1-4-8-16-15(12-19)7-5-13(10-15)18-9-6-14(11-18)17(2)3/h13-14,16,19H,4-12H2,1-3H3. The van der Waals surface area contributed by atoms with Crippen molar-refractivity contribution in [3.63, 3.8) is 0 Å². The fraction of sp³-hybridized carbons (Fsp3) is 1.00. The van der Waals surface area contributed by atoms with Gasteiger partial charge in [0, 0.05) is 30.7 Å². The smallest absolute Gasteiger partial charge is 0.0613 e. The summed E-state index contributed by atoms with van der Waals surface area (Å²) in [6.45, 7) is 5.92. The van der Waals surface area contributed by atoms with Crippen molar-refractivity contribution in [2.45, 2.75) is 56.7 Å². The zero-order valence-electron chi connectivity index (χ0n) is 12.9. The molecule has 112 valence electrons. The van der Waals surface area contributed by atoms with Gasteiger partial charge in [-0.2, -0.15) is 0 Å². The van der Waals surface area contributed by atoms with Crippen LogP contribution in [0.1, 0.15) is 39.0 Å². The van der Waals surface area contributed by atoms with E-state index < -0.39 is 0 Å². The van der Waals surface area contributed by atoms with Crippen molar-refractivity contribution in [2.75, 3.05) is 40.3 Å². The van der Waals surface area contributed by atoms with Crippen molar-refractivity contribution >= 4 is 0 Å². The number of aliphatic hydroxyl groups excluding tert-OH is 1. The van der Waals surface area contributed by atoms with Crippen LogP contribution < -0.4 is 5.32 Å². The molecule has 0 bridgehead atoms. The number of rotatable bonds is 6. The summed E-state index contributed by atoms with van der Waals surface area (Å²) in [6.07, 6.45) is 5.90. The summed E-state index contributed by atoms with van der Waals surface area (Å²) in [5.41, 5.74) is -0.00310. The third-order valence-corrected chi connectivity index (χ3v) is 5.08. The van der Waals surface area contributed by atoms with Crippen LogP contribution in [0.15, 0.2) is 0 Å². The molecule has 3 atom stereocenters. The molecule has 1 aliphatic carbocycles. The Morgan fingerprint density at radius 3 is 2.74 bits per heavy atom. The molecule has 2 N–H and O–H groups in total. The van der Waals surface area contributed by atoms with Gasteiger partial charge < -0.3 is 15.3 Å². The summed E-state index contributed by atoms with van der Waals surface area (Å²) < 4.78 is 0. The summed E-state index contributed by atoms with van der Waals surface area (Å²) in [4.78, 5) is 5.00. The Bertz CT molecular complexity index is 285. The maximum Gasteiger partial charge on any atom is 0.0613 e. The average Bonchev–Trinajstić information content (AvgIpc) is 3.04. The van der Waals surface area contributed by atoms with Gasteiger partial charge >= 0.3 is 0 Å². The van der Waals surface area contributed by atoms with Gasteiger partial charge in [-0.15, -0.1) is 0 Å². The summed E-state index contributed by atoms with van der Waals surface area (Å²) in [5, 5.41) is 13.3. The number of likely N-dealkylation sites (tertiary alicyclic amines) is 1. The number of likely N-dealkylation sites (N-methyl/N-ethyl adjacent to an activating group) is 1. The van der Waals surface area contributed by atoms with Crippen LogP contribution in [0.4, 0.5) is 0 Å². The van der Waals surface area contributed by atoms with Crippen LogP contribution in [-0.2, 0) is 0 Å². The van der Waals surface area contributed by atoms with E-state index in [1.54, 1.807) is 0 Å². The number of aliphatic hydroxyl groups is 1. The Balaban J connectivity index is 1.87. The SMILES string of the molecule is CCCNC1(CO)CCC(N2CCC(N(C)C)C2)C1. The number of nitrogens with zero attached hydrogens (tertiary/aromatic N) is 2. The van der Waals surface area contributed by atoms with Crippen molar-refractivity contribution in [1.29, 1.82) is 0 Å². The van der Waals surface area contributed by atoms with Gasteiger partial charge in [-0.3, -0.25) is 4.90 Å². The van der Waals surface area contributed by atoms with E-state index in [1.165, 1.54) is 25.9 Å².